The van der Waals surface area contributed by atoms with E-state index in [1.807, 2.05) is 53.1 Å². The minimum absolute atomic E-state index is 0.218. The van der Waals surface area contributed by atoms with Crippen molar-refractivity contribution in [3.8, 4) is 5.75 Å². The number of hydrogen-bond acceptors (Lipinski definition) is 8. The number of aliphatic hydroxyl groups is 1. The van der Waals surface area contributed by atoms with Gasteiger partial charge in [-0.2, -0.15) is 0 Å². The van der Waals surface area contributed by atoms with Crippen LogP contribution >= 0.6 is 0 Å². The summed E-state index contributed by atoms with van der Waals surface area (Å²) in [6, 6.07) is 18.2. The fourth-order valence-electron chi connectivity index (χ4n) is 4.68. The number of carboxylic acid groups (broad SMARTS) is 3. The van der Waals surface area contributed by atoms with Gasteiger partial charge in [0.1, 0.15) is 18.9 Å². The van der Waals surface area contributed by atoms with Gasteiger partial charge in [-0.15, -0.1) is 0 Å². The molecule has 13 nitrogen and oxygen atoms in total. The van der Waals surface area contributed by atoms with Crippen molar-refractivity contribution in [3.63, 3.8) is 0 Å². The highest BCUT2D eigenvalue weighted by molar-refractivity contribution is 5.88. The molecule has 0 aliphatic carbocycles. The molecule has 1 fully saturated rings. The lowest BCUT2D eigenvalue weighted by Crippen LogP contribution is -2.47. The molecule has 1 saturated heterocycles. The van der Waals surface area contributed by atoms with E-state index in [4.69, 9.17) is 30.9 Å². The van der Waals surface area contributed by atoms with Crippen molar-refractivity contribution in [2.75, 3.05) is 39.3 Å². The van der Waals surface area contributed by atoms with Crippen LogP contribution in [0, 0.1) is 0 Å². The van der Waals surface area contributed by atoms with E-state index < -0.39 is 36.4 Å². The Labute approximate surface area is 242 Å². The molecule has 0 bridgehead atoms. The van der Waals surface area contributed by atoms with Crippen LogP contribution in [0.5, 0.6) is 5.75 Å². The van der Waals surface area contributed by atoms with Gasteiger partial charge in [-0.25, -0.2) is 4.79 Å². The van der Waals surface area contributed by atoms with Gasteiger partial charge in [0.25, 0.3) is 0 Å². The summed E-state index contributed by atoms with van der Waals surface area (Å²) in [5.41, 5.74) is 5.00. The van der Waals surface area contributed by atoms with Gasteiger partial charge in [-0.05, 0) is 23.8 Å². The van der Waals surface area contributed by atoms with Crippen LogP contribution in [-0.2, 0) is 32.3 Å². The second-order valence-corrected chi connectivity index (χ2v) is 10.0. The van der Waals surface area contributed by atoms with E-state index in [-0.39, 0.29) is 12.5 Å². The first-order chi connectivity index (χ1) is 20.0. The van der Waals surface area contributed by atoms with Gasteiger partial charge < -0.3 is 35.5 Å². The lowest BCUT2D eigenvalue weighted by Gasteiger charge is -2.34. The highest BCUT2D eigenvalue weighted by Gasteiger charge is 2.40. The highest BCUT2D eigenvalue weighted by atomic mass is 16.5. The molecule has 0 saturated carbocycles. The molecule has 226 valence electrons. The Morgan fingerprint density at radius 1 is 0.833 bits per heavy atom. The van der Waals surface area contributed by atoms with E-state index in [0.717, 1.165) is 50.5 Å². The number of hydrogen-bond donors (Lipinski definition) is 5. The van der Waals surface area contributed by atoms with E-state index in [0.29, 0.717) is 6.61 Å². The average molecular weight is 585 g/mol. The fourth-order valence-corrected chi connectivity index (χ4v) is 4.68. The second kappa shape index (κ2) is 15.0. The minimum atomic E-state index is -2.74. The number of nitrogens with zero attached hydrogens (tertiary/aromatic N) is 3. The fraction of sp³-hybridized carbons (Fsp3) is 0.379. The maximum Gasteiger partial charge on any atom is 0.336 e. The number of carbonyl (C=O) groups is 4. The number of ether oxygens (including phenoxy) is 1. The van der Waals surface area contributed by atoms with Gasteiger partial charge in [0.15, 0.2) is 5.60 Å². The first-order valence-electron chi connectivity index (χ1n) is 13.3. The second-order valence-electron chi connectivity index (χ2n) is 10.0. The van der Waals surface area contributed by atoms with Crippen molar-refractivity contribution in [2.45, 2.75) is 31.5 Å². The summed E-state index contributed by atoms with van der Waals surface area (Å²) in [5.74, 6) is -4.41. The van der Waals surface area contributed by atoms with Gasteiger partial charge >= 0.3 is 17.9 Å². The van der Waals surface area contributed by atoms with E-state index in [1.54, 1.807) is 0 Å². The SMILES string of the molecule is NC(=O)Cn1cc(CN2CCN(CCOc3ccccc3)CC2)c2ccccc21.O=C(O)CC(O)(CC(=O)O)C(=O)O. The third-order valence-electron chi connectivity index (χ3n) is 6.76. The number of benzene rings is 2. The van der Waals surface area contributed by atoms with Crippen LogP contribution in [0.3, 0.4) is 0 Å². The smallest absolute Gasteiger partial charge is 0.336 e. The van der Waals surface area contributed by atoms with Crippen LogP contribution < -0.4 is 10.5 Å². The number of primary amides is 1. The molecule has 1 amide bonds. The molecule has 4 rings (SSSR count). The zero-order chi connectivity index (χ0) is 30.7. The van der Waals surface area contributed by atoms with Gasteiger partial charge in [0.05, 0.1) is 12.8 Å². The Balaban J connectivity index is 0.000000316. The number of nitrogens with two attached hydrogens (primary N) is 1. The molecule has 42 heavy (non-hydrogen) atoms. The molecule has 0 atom stereocenters. The van der Waals surface area contributed by atoms with Gasteiger partial charge in [0, 0.05) is 56.4 Å². The predicted molar refractivity (Wildman–Crippen MR) is 152 cm³/mol. The van der Waals surface area contributed by atoms with Gasteiger partial charge in [-0.3, -0.25) is 24.2 Å². The summed E-state index contributed by atoms with van der Waals surface area (Å²) in [5, 5.41) is 35.0. The third-order valence-corrected chi connectivity index (χ3v) is 6.76. The highest BCUT2D eigenvalue weighted by Crippen LogP contribution is 2.23. The zero-order valence-corrected chi connectivity index (χ0v) is 23.1. The number of aliphatic carboxylic acids is 3. The summed E-state index contributed by atoms with van der Waals surface area (Å²) in [6.45, 7) is 6.90. The number of amides is 1. The first kappa shape index (κ1) is 32.1. The van der Waals surface area contributed by atoms with Gasteiger partial charge in [-0.1, -0.05) is 36.4 Å². The predicted octanol–water partition coefficient (Wildman–Crippen LogP) is 1.07. The third kappa shape index (κ3) is 9.58. The first-order valence-corrected chi connectivity index (χ1v) is 13.3. The van der Waals surface area contributed by atoms with Crippen LogP contribution in [0.25, 0.3) is 10.9 Å². The lowest BCUT2D eigenvalue weighted by atomic mass is 9.96. The number of carboxylic acids is 3. The van der Waals surface area contributed by atoms with Crippen molar-refractivity contribution >= 4 is 34.7 Å². The maximum absolute atomic E-state index is 11.4. The Kier molecular flexibility index (Phi) is 11.4. The van der Waals surface area contributed by atoms with Crippen molar-refractivity contribution in [1.29, 1.82) is 0 Å². The van der Waals surface area contributed by atoms with E-state index >= 15 is 0 Å². The Morgan fingerprint density at radius 2 is 1.40 bits per heavy atom. The number of fused-ring (bicyclic) bond motifs is 1. The molecule has 1 aromatic heterocycles. The summed E-state index contributed by atoms with van der Waals surface area (Å²) < 4.78 is 7.78. The average Bonchev–Trinajstić information content (AvgIpc) is 3.26. The number of piperazine rings is 1. The van der Waals surface area contributed by atoms with Crippen molar-refractivity contribution in [1.82, 2.24) is 14.4 Å². The molecule has 13 heteroatoms. The standard InChI is InChI=1S/C23H28N4O2.C6H8O7/c24-23(28)18-27-17-19(21-8-4-5-9-22(21)27)16-26-12-10-25(11-13-26)14-15-29-20-6-2-1-3-7-20;7-3(8)1-6(13,5(11)12)2-4(9)10/h1-9,17H,10-16,18H2,(H2,24,28);13H,1-2H2,(H,7,8)(H,9,10)(H,11,12). The summed E-state index contributed by atoms with van der Waals surface area (Å²) >= 11 is 0. The van der Waals surface area contributed by atoms with Crippen LogP contribution in [0.4, 0.5) is 0 Å². The Morgan fingerprint density at radius 3 is 1.98 bits per heavy atom. The number of rotatable bonds is 13. The summed E-state index contributed by atoms with van der Waals surface area (Å²) in [7, 11) is 0. The molecule has 3 aromatic rings. The number of aromatic nitrogens is 1. The molecular weight excluding hydrogens is 548 g/mol. The Hall–Kier alpha value is -4.46. The minimum Gasteiger partial charge on any atom is -0.492 e. The molecule has 2 heterocycles. The maximum atomic E-state index is 11.4. The topological polar surface area (TPSA) is 196 Å². The molecule has 1 aliphatic heterocycles. The van der Waals surface area contributed by atoms with E-state index in [9.17, 15) is 19.2 Å². The van der Waals surface area contributed by atoms with Crippen molar-refractivity contribution in [3.05, 3.63) is 66.4 Å². The lowest BCUT2D eigenvalue weighted by molar-refractivity contribution is -0.170. The number of para-hydroxylation sites is 2. The van der Waals surface area contributed by atoms with Crippen LogP contribution in [-0.4, -0.2) is 104 Å². The van der Waals surface area contributed by atoms with Crippen LogP contribution in [0.1, 0.15) is 18.4 Å². The largest absolute Gasteiger partial charge is 0.492 e. The molecule has 0 spiro atoms. The van der Waals surface area contributed by atoms with Gasteiger partial charge in [0.2, 0.25) is 5.91 Å². The summed E-state index contributed by atoms with van der Waals surface area (Å²) in [6.07, 6.45) is -0.210. The quantitative estimate of drug-likeness (QED) is 0.193. The van der Waals surface area contributed by atoms with Crippen molar-refractivity contribution in [2.24, 2.45) is 5.73 Å². The molecular formula is C29H36N4O9. The van der Waals surface area contributed by atoms with E-state index in [2.05, 4.69) is 22.1 Å². The molecule has 2 aromatic carbocycles. The molecule has 1 aliphatic rings. The monoisotopic (exact) mass is 584 g/mol. The normalized spacial score (nSPS) is 14.1. The van der Waals surface area contributed by atoms with Crippen LogP contribution in [0.15, 0.2) is 60.8 Å². The molecule has 0 radical (unpaired) electrons. The van der Waals surface area contributed by atoms with Crippen LogP contribution in [0.2, 0.25) is 0 Å². The molecule has 0 unspecified atom stereocenters. The zero-order valence-electron chi connectivity index (χ0n) is 23.1. The van der Waals surface area contributed by atoms with Crippen molar-refractivity contribution < 1.29 is 44.3 Å². The Bertz CT molecular complexity index is 1350. The van der Waals surface area contributed by atoms with E-state index in [1.165, 1.54) is 10.9 Å². The molecule has 6 N–H and O–H groups in total. The number of carbonyl (C=O) groups excluding carboxylic acids is 1. The summed E-state index contributed by atoms with van der Waals surface area (Å²) in [4.78, 5) is 46.8.